The van der Waals surface area contributed by atoms with Gasteiger partial charge in [-0.25, -0.2) is 26.7 Å². The second kappa shape index (κ2) is 18.8. The number of guanidine groups is 1. The van der Waals surface area contributed by atoms with Crippen LogP contribution >= 0.6 is 0 Å². The number of rotatable bonds is 18. The summed E-state index contributed by atoms with van der Waals surface area (Å²) in [7, 11) is 0. The van der Waals surface area contributed by atoms with E-state index in [-0.39, 0.29) is 51.3 Å². The van der Waals surface area contributed by atoms with Crippen LogP contribution in [-0.2, 0) is 32.1 Å². The van der Waals surface area contributed by atoms with Crippen molar-refractivity contribution in [2.24, 2.45) is 17.2 Å². The van der Waals surface area contributed by atoms with E-state index in [0.29, 0.717) is 6.42 Å². The van der Waals surface area contributed by atoms with Crippen molar-refractivity contribution in [3.63, 3.8) is 0 Å². The first-order valence-electron chi connectivity index (χ1n) is 14.4. The number of primary amides is 1. The molecule has 0 aromatic heterocycles. The van der Waals surface area contributed by atoms with Crippen LogP contribution in [0.1, 0.15) is 43.2 Å². The zero-order chi connectivity index (χ0) is 35.1. The number of carbonyl (C=O) groups excluding carboxylic acids is 4. The van der Waals surface area contributed by atoms with Gasteiger partial charge in [-0.2, -0.15) is 0 Å². The Bertz CT molecular complexity index is 1390. The molecule has 2 rings (SSSR count). The Balaban J connectivity index is 2.06. The molecular weight excluding hydrogens is 635 g/mol. The zero-order valence-electron chi connectivity index (χ0n) is 25.1. The number of alkyl carbamates (subject to hydrolysis) is 1. The summed E-state index contributed by atoms with van der Waals surface area (Å²) < 4.78 is 75.4. The number of benzene rings is 2. The minimum absolute atomic E-state index is 0.0132. The lowest BCUT2D eigenvalue weighted by molar-refractivity contribution is -0.131. The molecule has 47 heavy (non-hydrogen) atoms. The molecule has 0 saturated carbocycles. The zero-order valence-corrected chi connectivity index (χ0v) is 25.1. The van der Waals surface area contributed by atoms with Gasteiger partial charge in [0, 0.05) is 25.1 Å². The predicted octanol–water partition coefficient (Wildman–Crippen LogP) is 1.07. The van der Waals surface area contributed by atoms with E-state index in [0.717, 1.165) is 5.56 Å². The van der Waals surface area contributed by atoms with Gasteiger partial charge in [-0.15, -0.1) is 0 Å². The van der Waals surface area contributed by atoms with Crippen molar-refractivity contribution < 1.29 is 45.9 Å². The van der Waals surface area contributed by atoms with Gasteiger partial charge in [0.2, 0.25) is 23.5 Å². The Morgan fingerprint density at radius 3 is 1.91 bits per heavy atom. The quantitative estimate of drug-likeness (QED) is 0.0285. The minimum atomic E-state index is -2.41. The van der Waals surface area contributed by atoms with Crippen molar-refractivity contribution in [3.8, 4) is 0 Å². The van der Waals surface area contributed by atoms with Gasteiger partial charge in [0.1, 0.15) is 18.7 Å². The SMILES string of the molecule is N=C(N)NCCC[C@@H](N)C(=O)N[C@@H](Cc1c(F)c(F)c(F)c(F)c1F)C(=O)N[C@@H](CCCCNC(=O)OCc1ccccc1)C(N)=O. The topological polar surface area (TPSA) is 228 Å². The van der Waals surface area contributed by atoms with Crippen LogP contribution in [0, 0.1) is 34.5 Å². The molecule has 3 atom stereocenters. The minimum Gasteiger partial charge on any atom is -0.445 e. The van der Waals surface area contributed by atoms with Gasteiger partial charge < -0.3 is 43.2 Å². The van der Waals surface area contributed by atoms with Crippen molar-refractivity contribution in [2.75, 3.05) is 13.1 Å². The number of halogens is 5. The summed E-state index contributed by atoms with van der Waals surface area (Å²) in [5.74, 6) is -14.9. The Hall–Kier alpha value is -5.00. The van der Waals surface area contributed by atoms with Gasteiger partial charge in [0.25, 0.3) is 0 Å². The molecule has 13 nitrogen and oxygen atoms in total. The van der Waals surface area contributed by atoms with Crippen molar-refractivity contribution >= 4 is 29.8 Å². The molecule has 2 aromatic carbocycles. The number of hydrogen-bond acceptors (Lipinski definition) is 7. The number of ether oxygens (including phenoxy) is 1. The molecule has 0 aliphatic rings. The van der Waals surface area contributed by atoms with Crippen LogP contribution in [0.15, 0.2) is 30.3 Å². The molecule has 0 bridgehead atoms. The number of hydrogen-bond donors (Lipinski definition) is 8. The fraction of sp³-hybridized carbons (Fsp3) is 0.414. The highest BCUT2D eigenvalue weighted by Gasteiger charge is 2.32. The monoisotopic (exact) mass is 672 g/mol. The van der Waals surface area contributed by atoms with Crippen molar-refractivity contribution in [1.82, 2.24) is 21.3 Å². The number of carbonyl (C=O) groups is 4. The summed E-state index contributed by atoms with van der Waals surface area (Å²) in [6, 6.07) is 4.29. The Labute approximate surface area is 266 Å². The molecule has 11 N–H and O–H groups in total. The Morgan fingerprint density at radius 2 is 1.32 bits per heavy atom. The van der Waals surface area contributed by atoms with Gasteiger partial charge in [0.15, 0.2) is 29.2 Å². The fourth-order valence-electron chi connectivity index (χ4n) is 4.19. The van der Waals surface area contributed by atoms with Gasteiger partial charge >= 0.3 is 6.09 Å². The third-order valence-electron chi connectivity index (χ3n) is 6.75. The van der Waals surface area contributed by atoms with Gasteiger partial charge in [-0.1, -0.05) is 30.3 Å². The van der Waals surface area contributed by atoms with Gasteiger partial charge in [0.05, 0.1) is 6.04 Å². The maximum Gasteiger partial charge on any atom is 0.407 e. The molecule has 4 amide bonds. The smallest absolute Gasteiger partial charge is 0.407 e. The van der Waals surface area contributed by atoms with Crippen LogP contribution in [0.3, 0.4) is 0 Å². The molecule has 0 fully saturated rings. The first-order chi connectivity index (χ1) is 22.2. The van der Waals surface area contributed by atoms with Crippen LogP contribution in [0.5, 0.6) is 0 Å². The summed E-state index contributed by atoms with van der Waals surface area (Å²) >= 11 is 0. The summed E-state index contributed by atoms with van der Waals surface area (Å²) in [4.78, 5) is 49.9. The summed E-state index contributed by atoms with van der Waals surface area (Å²) in [5, 5.41) is 16.5. The lowest BCUT2D eigenvalue weighted by atomic mass is 10.0. The average Bonchev–Trinajstić information content (AvgIpc) is 3.04. The standard InChI is InChI=1S/C29H37F5N8O5/c30-20-16(21(31)23(33)24(34)22(20)32)13-19(42-26(44)17(35)9-6-12-39-28(37)38)27(45)41-18(25(36)43)10-4-5-11-40-29(46)47-14-15-7-2-1-3-8-15/h1-3,7-8,17-19H,4-6,9-14,35H2,(H2,36,43)(H,40,46)(H,41,45)(H,42,44)(H4,37,38,39)/t17-,18+,19+/m1/s1. The number of amides is 4. The molecule has 2 aromatic rings. The summed E-state index contributed by atoms with van der Waals surface area (Å²) in [6.45, 7) is 0.342. The van der Waals surface area contributed by atoms with E-state index in [1.165, 1.54) is 0 Å². The normalized spacial score (nSPS) is 12.7. The van der Waals surface area contributed by atoms with Crippen molar-refractivity contribution in [3.05, 3.63) is 70.5 Å². The molecule has 258 valence electrons. The highest BCUT2D eigenvalue weighted by molar-refractivity contribution is 5.92. The van der Waals surface area contributed by atoms with Crippen molar-refractivity contribution in [2.45, 2.75) is 63.3 Å². The first kappa shape index (κ1) is 38.2. The molecule has 0 aliphatic heterocycles. The highest BCUT2D eigenvalue weighted by atomic mass is 19.2. The Morgan fingerprint density at radius 1 is 0.745 bits per heavy atom. The predicted molar refractivity (Wildman–Crippen MR) is 159 cm³/mol. The molecule has 0 spiro atoms. The van der Waals surface area contributed by atoms with E-state index < -0.39 is 83.0 Å². The van der Waals surface area contributed by atoms with Crippen LogP contribution in [0.25, 0.3) is 0 Å². The average molecular weight is 673 g/mol. The molecule has 0 radical (unpaired) electrons. The van der Waals surface area contributed by atoms with E-state index in [1.807, 2.05) is 6.07 Å². The van der Waals surface area contributed by atoms with Gasteiger partial charge in [-0.3, -0.25) is 19.8 Å². The fourth-order valence-corrected chi connectivity index (χ4v) is 4.19. The molecule has 0 saturated heterocycles. The molecule has 18 heteroatoms. The van der Waals surface area contributed by atoms with Crippen LogP contribution < -0.4 is 38.5 Å². The highest BCUT2D eigenvalue weighted by Crippen LogP contribution is 2.24. The third-order valence-corrected chi connectivity index (χ3v) is 6.75. The van der Waals surface area contributed by atoms with Crippen molar-refractivity contribution in [1.29, 1.82) is 5.41 Å². The van der Waals surface area contributed by atoms with Crippen LogP contribution in [-0.4, -0.2) is 61.0 Å². The van der Waals surface area contributed by atoms with Crippen LogP contribution in [0.4, 0.5) is 26.7 Å². The number of nitrogens with two attached hydrogens (primary N) is 3. The maximum absolute atomic E-state index is 14.5. The molecule has 0 aliphatic carbocycles. The number of unbranched alkanes of at least 4 members (excludes halogenated alkanes) is 1. The van der Waals surface area contributed by atoms with E-state index >= 15 is 0 Å². The molecule has 0 heterocycles. The second-order valence-corrected chi connectivity index (χ2v) is 10.4. The van der Waals surface area contributed by atoms with Crippen LogP contribution in [0.2, 0.25) is 0 Å². The summed E-state index contributed by atoms with van der Waals surface area (Å²) in [5.41, 5.74) is 15.8. The second-order valence-electron chi connectivity index (χ2n) is 10.4. The van der Waals surface area contributed by atoms with E-state index in [2.05, 4.69) is 21.3 Å². The van der Waals surface area contributed by atoms with Gasteiger partial charge in [-0.05, 0) is 37.7 Å². The summed E-state index contributed by atoms with van der Waals surface area (Å²) in [6.07, 6.45) is -1.23. The van der Waals surface area contributed by atoms with E-state index in [1.54, 1.807) is 24.3 Å². The number of nitrogens with one attached hydrogen (secondary N) is 5. The molecule has 0 unspecified atom stereocenters. The molecular formula is C29H37F5N8O5. The van der Waals surface area contributed by atoms with E-state index in [9.17, 15) is 41.1 Å². The third kappa shape index (κ3) is 12.4. The Kier molecular flexibility index (Phi) is 15.3. The lowest BCUT2D eigenvalue weighted by Crippen LogP contribution is -2.56. The van der Waals surface area contributed by atoms with E-state index in [4.69, 9.17) is 27.3 Å². The lowest BCUT2D eigenvalue weighted by Gasteiger charge is -2.24. The largest absolute Gasteiger partial charge is 0.445 e. The maximum atomic E-state index is 14.5. The first-order valence-corrected chi connectivity index (χ1v) is 14.4.